The topological polar surface area (TPSA) is 68.3 Å². The average Bonchev–Trinajstić information content (AvgIpc) is 3.14. The van der Waals surface area contributed by atoms with Crippen molar-refractivity contribution in [2.45, 2.75) is 19.4 Å². The molecule has 0 saturated heterocycles. The van der Waals surface area contributed by atoms with Gasteiger partial charge in [0.25, 0.3) is 5.91 Å². The summed E-state index contributed by atoms with van der Waals surface area (Å²) >= 11 is 4.44. The number of carbonyl (C=O) groups excluding carboxylic acids is 2. The maximum absolute atomic E-state index is 13.4. The van der Waals surface area contributed by atoms with E-state index in [-0.39, 0.29) is 11.6 Å². The quantitative estimate of drug-likeness (QED) is 0.506. The van der Waals surface area contributed by atoms with E-state index in [1.807, 2.05) is 12.1 Å². The van der Waals surface area contributed by atoms with E-state index in [9.17, 15) is 18.4 Å². The predicted octanol–water partition coefficient (Wildman–Crippen LogP) is 4.96. The number of benzene rings is 2. The highest BCUT2D eigenvalue weighted by Crippen LogP contribution is 2.26. The van der Waals surface area contributed by atoms with Crippen LogP contribution in [-0.2, 0) is 20.7 Å². The Hall–Kier alpha value is -2.65. The number of hydrogen-bond donors (Lipinski definition) is 1. The fourth-order valence-corrected chi connectivity index (χ4v) is 3.37. The molecule has 0 aliphatic rings. The number of hydrogen-bond acceptors (Lipinski definition) is 5. The smallest absolute Gasteiger partial charge is 0.311 e. The molecule has 3 rings (SSSR count). The van der Waals surface area contributed by atoms with Gasteiger partial charge < -0.3 is 4.74 Å². The molecule has 0 saturated carbocycles. The Bertz CT molecular complexity index is 1040. The summed E-state index contributed by atoms with van der Waals surface area (Å²) in [4.78, 5) is 28.5. The van der Waals surface area contributed by atoms with Gasteiger partial charge in [-0.15, -0.1) is 11.3 Å². The van der Waals surface area contributed by atoms with E-state index < -0.39 is 29.6 Å². The molecule has 1 heterocycles. The second-order valence-electron chi connectivity index (χ2n) is 6.09. The Labute approximate surface area is 177 Å². The molecule has 0 aliphatic carbocycles. The largest absolute Gasteiger partial charge is 0.452 e. The molecule has 0 fully saturated rings. The first-order chi connectivity index (χ1) is 13.8. The molecular weight excluding hydrogens is 466 g/mol. The van der Waals surface area contributed by atoms with Crippen molar-refractivity contribution in [3.63, 3.8) is 0 Å². The van der Waals surface area contributed by atoms with Gasteiger partial charge in [-0.1, -0.05) is 28.1 Å². The van der Waals surface area contributed by atoms with Gasteiger partial charge in [-0.05, 0) is 42.8 Å². The molecule has 1 aromatic heterocycles. The molecule has 29 heavy (non-hydrogen) atoms. The molecular formula is C20H15BrF2N2O3S. The van der Waals surface area contributed by atoms with Gasteiger partial charge in [-0.2, -0.15) is 0 Å². The third kappa shape index (κ3) is 5.68. The molecule has 9 heteroatoms. The van der Waals surface area contributed by atoms with Gasteiger partial charge in [0.2, 0.25) is 0 Å². The minimum absolute atomic E-state index is 0.0441. The van der Waals surface area contributed by atoms with Crippen LogP contribution in [0, 0.1) is 11.6 Å². The van der Waals surface area contributed by atoms with Gasteiger partial charge >= 0.3 is 5.97 Å². The lowest BCUT2D eigenvalue weighted by Gasteiger charge is -2.12. The molecule has 0 radical (unpaired) electrons. The zero-order valence-electron chi connectivity index (χ0n) is 15.1. The average molecular weight is 481 g/mol. The summed E-state index contributed by atoms with van der Waals surface area (Å²) in [5.74, 6) is -3.00. The first kappa shape index (κ1) is 21.1. The molecule has 0 spiro atoms. The standard InChI is InChI=1S/C20H15BrF2N2O3S/c1-11(28-18(26)8-12-2-5-14(21)6-3-12)19(27)25-20-24-17(10-29-20)13-4-7-15(22)16(23)9-13/h2-7,9-11H,8H2,1H3,(H,24,25,27)/t11-/m0/s1. The minimum atomic E-state index is -1.02. The molecule has 3 aromatic rings. The van der Waals surface area contributed by atoms with Gasteiger partial charge in [0.05, 0.1) is 12.1 Å². The van der Waals surface area contributed by atoms with Crippen molar-refractivity contribution < 1.29 is 23.1 Å². The van der Waals surface area contributed by atoms with Crippen LogP contribution in [0.3, 0.4) is 0 Å². The van der Waals surface area contributed by atoms with Gasteiger partial charge in [0, 0.05) is 15.4 Å². The van der Waals surface area contributed by atoms with Crippen LogP contribution < -0.4 is 5.32 Å². The van der Waals surface area contributed by atoms with E-state index in [2.05, 4.69) is 26.2 Å². The zero-order chi connectivity index (χ0) is 21.0. The van der Waals surface area contributed by atoms with Crippen molar-refractivity contribution in [1.82, 2.24) is 4.98 Å². The summed E-state index contributed by atoms with van der Waals surface area (Å²) < 4.78 is 32.5. The van der Waals surface area contributed by atoms with E-state index >= 15 is 0 Å². The van der Waals surface area contributed by atoms with Gasteiger partial charge in [0.15, 0.2) is 22.9 Å². The van der Waals surface area contributed by atoms with Crippen LogP contribution in [0.2, 0.25) is 0 Å². The number of carbonyl (C=O) groups is 2. The summed E-state index contributed by atoms with van der Waals surface area (Å²) in [5.41, 5.74) is 1.54. The molecule has 1 atom stereocenters. The highest BCUT2D eigenvalue weighted by atomic mass is 79.9. The van der Waals surface area contributed by atoms with Crippen LogP contribution in [0.5, 0.6) is 0 Å². The molecule has 150 valence electrons. The number of nitrogens with one attached hydrogen (secondary N) is 1. The number of ether oxygens (including phenoxy) is 1. The number of anilines is 1. The van der Waals surface area contributed by atoms with Crippen molar-refractivity contribution in [1.29, 1.82) is 0 Å². The van der Waals surface area contributed by atoms with E-state index in [1.165, 1.54) is 13.0 Å². The molecule has 0 aliphatic heterocycles. The van der Waals surface area contributed by atoms with Crippen molar-refractivity contribution in [3.05, 3.63) is 69.5 Å². The number of halogens is 3. The van der Waals surface area contributed by atoms with Crippen molar-refractivity contribution in [3.8, 4) is 11.3 Å². The Morgan fingerprint density at radius 1 is 1.17 bits per heavy atom. The third-order valence-electron chi connectivity index (χ3n) is 3.89. The monoisotopic (exact) mass is 480 g/mol. The first-order valence-corrected chi connectivity index (χ1v) is 10.1. The summed E-state index contributed by atoms with van der Waals surface area (Å²) in [6.45, 7) is 1.46. The normalized spacial score (nSPS) is 11.7. The predicted molar refractivity (Wildman–Crippen MR) is 109 cm³/mol. The number of aromatic nitrogens is 1. The Balaban J connectivity index is 1.56. The summed E-state index contributed by atoms with van der Waals surface area (Å²) in [6, 6.07) is 10.6. The number of rotatable bonds is 6. The Morgan fingerprint density at radius 3 is 2.59 bits per heavy atom. The Kier molecular flexibility index (Phi) is 6.71. The number of nitrogens with zero attached hydrogens (tertiary/aromatic N) is 1. The minimum Gasteiger partial charge on any atom is -0.452 e. The molecule has 1 amide bonds. The molecule has 5 nitrogen and oxygen atoms in total. The molecule has 2 aromatic carbocycles. The Morgan fingerprint density at radius 2 is 1.90 bits per heavy atom. The van der Waals surface area contributed by atoms with Crippen LogP contribution in [0.25, 0.3) is 11.3 Å². The number of esters is 1. The van der Waals surface area contributed by atoms with Crippen LogP contribution >= 0.6 is 27.3 Å². The lowest BCUT2D eigenvalue weighted by atomic mass is 10.1. The van der Waals surface area contributed by atoms with Gasteiger partial charge in [-0.3, -0.25) is 14.9 Å². The van der Waals surface area contributed by atoms with E-state index in [0.29, 0.717) is 11.3 Å². The van der Waals surface area contributed by atoms with E-state index in [1.54, 1.807) is 17.5 Å². The van der Waals surface area contributed by atoms with Gasteiger partial charge in [-0.25, -0.2) is 13.8 Å². The SMILES string of the molecule is C[C@H](OC(=O)Cc1ccc(Br)cc1)C(=O)Nc1nc(-c2ccc(F)c(F)c2)cs1. The van der Waals surface area contributed by atoms with Crippen molar-refractivity contribution >= 4 is 44.3 Å². The third-order valence-corrected chi connectivity index (χ3v) is 5.18. The first-order valence-electron chi connectivity index (χ1n) is 8.47. The molecule has 0 bridgehead atoms. The highest BCUT2D eigenvalue weighted by Gasteiger charge is 2.19. The number of amides is 1. The maximum Gasteiger partial charge on any atom is 0.311 e. The van der Waals surface area contributed by atoms with Crippen LogP contribution in [0.1, 0.15) is 12.5 Å². The second kappa shape index (κ2) is 9.23. The lowest BCUT2D eigenvalue weighted by Crippen LogP contribution is -2.30. The summed E-state index contributed by atoms with van der Waals surface area (Å²) in [6.07, 6.45) is -0.976. The lowest BCUT2D eigenvalue weighted by molar-refractivity contribution is -0.152. The van der Waals surface area contributed by atoms with Crippen LogP contribution in [0.15, 0.2) is 52.3 Å². The fourth-order valence-electron chi connectivity index (χ4n) is 2.39. The molecule has 1 N–H and O–H groups in total. The van der Waals surface area contributed by atoms with Crippen molar-refractivity contribution in [2.75, 3.05) is 5.32 Å². The second-order valence-corrected chi connectivity index (χ2v) is 7.87. The molecule has 0 unspecified atom stereocenters. The summed E-state index contributed by atoms with van der Waals surface area (Å²) in [7, 11) is 0. The van der Waals surface area contributed by atoms with Crippen LogP contribution in [-0.4, -0.2) is 23.0 Å². The van der Waals surface area contributed by atoms with Crippen molar-refractivity contribution in [2.24, 2.45) is 0 Å². The number of thiazole rings is 1. The van der Waals surface area contributed by atoms with Gasteiger partial charge in [0.1, 0.15) is 0 Å². The fraction of sp³-hybridized carbons (Fsp3) is 0.150. The van der Waals surface area contributed by atoms with E-state index in [0.717, 1.165) is 33.5 Å². The van der Waals surface area contributed by atoms with E-state index in [4.69, 9.17) is 4.74 Å². The highest BCUT2D eigenvalue weighted by molar-refractivity contribution is 9.10. The van der Waals surface area contributed by atoms with Crippen LogP contribution in [0.4, 0.5) is 13.9 Å². The maximum atomic E-state index is 13.4. The zero-order valence-corrected chi connectivity index (χ0v) is 17.5. The summed E-state index contributed by atoms with van der Waals surface area (Å²) in [5, 5.41) is 4.41.